The highest BCUT2D eigenvalue weighted by atomic mass is 31.2. The molecule has 0 aromatic carbocycles. The molecule has 0 aliphatic rings. The number of carbonyl (C=O) groups excluding carboxylic acids is 2. The molecule has 0 aromatic heterocycles. The van der Waals surface area contributed by atoms with Gasteiger partial charge in [-0.15, -0.1) is 0 Å². The summed E-state index contributed by atoms with van der Waals surface area (Å²) in [6, 6.07) is 0. The number of rotatable bonds is 41. The van der Waals surface area contributed by atoms with Crippen LogP contribution >= 0.6 is 15.6 Å². The van der Waals surface area contributed by atoms with Crippen LogP contribution in [-0.4, -0.2) is 81.6 Å². The number of allylic oxidation sites excluding steroid dienone is 16. The van der Waals surface area contributed by atoms with Crippen molar-refractivity contribution in [3.8, 4) is 0 Å². The molecule has 0 aromatic rings. The van der Waals surface area contributed by atoms with Gasteiger partial charge in [-0.1, -0.05) is 142 Å². The van der Waals surface area contributed by atoms with Crippen LogP contribution in [0.25, 0.3) is 0 Å². The van der Waals surface area contributed by atoms with E-state index < -0.39 is 72.3 Å². The Morgan fingerprint density at radius 2 is 1.05 bits per heavy atom. The number of ether oxygens (including phenoxy) is 2. The van der Waals surface area contributed by atoms with E-state index in [1.165, 1.54) is 19.3 Å². The number of hydrogen-bond donors (Lipinski definition) is 5. The number of unbranched alkanes of at least 4 members (excludes halogenated alkanes) is 7. The van der Waals surface area contributed by atoms with E-state index in [1.807, 2.05) is 18.2 Å². The third kappa shape index (κ3) is 45.3. The summed E-state index contributed by atoms with van der Waals surface area (Å²) in [7, 11) is -9.75. The third-order valence-corrected chi connectivity index (χ3v) is 10.2. The molecule has 0 rings (SSSR count). The largest absolute Gasteiger partial charge is 0.472 e. The second-order valence-electron chi connectivity index (χ2n) is 14.8. The summed E-state index contributed by atoms with van der Waals surface area (Å²) in [6.07, 6.45) is 48.2. The highest BCUT2D eigenvalue weighted by Gasteiger charge is 2.28. The predicted octanol–water partition coefficient (Wildman–Crippen LogP) is 10.9. The topological polar surface area (TPSA) is 216 Å². The van der Waals surface area contributed by atoms with Crippen molar-refractivity contribution >= 4 is 27.6 Å². The molecule has 4 atom stereocenters. The maximum Gasteiger partial charge on any atom is 0.472 e. The number of aliphatic hydroxyl groups excluding tert-OH is 2. The van der Waals surface area contributed by atoms with E-state index in [0.717, 1.165) is 64.2 Å². The molecule has 0 spiro atoms. The Morgan fingerprint density at radius 3 is 1.64 bits per heavy atom. The Morgan fingerprint density at radius 1 is 0.531 bits per heavy atom. The molecular weight excluding hydrogens is 862 g/mol. The first-order valence-electron chi connectivity index (χ1n) is 22.7. The lowest BCUT2D eigenvalue weighted by molar-refractivity contribution is -0.161. The minimum Gasteiger partial charge on any atom is -0.462 e. The summed E-state index contributed by atoms with van der Waals surface area (Å²) < 4.78 is 47.7. The number of carbonyl (C=O) groups is 2. The summed E-state index contributed by atoms with van der Waals surface area (Å²) in [6.45, 7) is 1.39. The van der Waals surface area contributed by atoms with Crippen LogP contribution < -0.4 is 0 Å². The van der Waals surface area contributed by atoms with Crippen molar-refractivity contribution in [3.63, 3.8) is 0 Å². The first-order chi connectivity index (χ1) is 30.8. The molecule has 2 unspecified atom stereocenters. The van der Waals surface area contributed by atoms with Crippen LogP contribution in [0.2, 0.25) is 0 Å². The molecule has 364 valence electrons. The average Bonchev–Trinajstić information content (AvgIpc) is 3.25. The van der Waals surface area contributed by atoms with Crippen LogP contribution in [0.1, 0.15) is 136 Å². The van der Waals surface area contributed by atoms with Crippen LogP contribution in [0.4, 0.5) is 0 Å². The van der Waals surface area contributed by atoms with Crippen molar-refractivity contribution in [1.29, 1.82) is 0 Å². The van der Waals surface area contributed by atoms with Crippen LogP contribution in [-0.2, 0) is 41.8 Å². The molecule has 0 saturated carbocycles. The fourth-order valence-electron chi connectivity index (χ4n) is 5.27. The van der Waals surface area contributed by atoms with Gasteiger partial charge >= 0.3 is 27.6 Å². The van der Waals surface area contributed by atoms with Gasteiger partial charge in [-0.25, -0.2) is 9.13 Å². The molecule has 0 bridgehead atoms. The molecule has 5 N–H and O–H groups in total. The fraction of sp³-hybridized carbons (Fsp3) is 0.583. The third-order valence-electron chi connectivity index (χ3n) is 8.72. The SMILES string of the molecule is CC/C=C\C/C=C\C/C=C\C/C=C\C/C=C\CCCCCC(=O)OC[C@H](COP(=O)(O)OC[C@@H](O)COP(=O)(O)O)OC(=O)CCC/C=C/C=C\C(O)C/C=C\C/C=C\CCCCC. The van der Waals surface area contributed by atoms with Crippen LogP contribution in [0.15, 0.2) is 109 Å². The van der Waals surface area contributed by atoms with E-state index in [0.29, 0.717) is 25.7 Å². The number of hydrogen-bond acceptors (Lipinski definition) is 11. The van der Waals surface area contributed by atoms with Crippen LogP contribution in [0.3, 0.4) is 0 Å². The second-order valence-corrected chi connectivity index (χ2v) is 17.5. The van der Waals surface area contributed by atoms with Crippen molar-refractivity contribution in [3.05, 3.63) is 109 Å². The molecule has 64 heavy (non-hydrogen) atoms. The van der Waals surface area contributed by atoms with Crippen molar-refractivity contribution in [2.75, 3.05) is 26.4 Å². The maximum absolute atomic E-state index is 12.7. The molecule has 0 aliphatic heterocycles. The Labute approximate surface area is 383 Å². The van der Waals surface area contributed by atoms with Crippen LogP contribution in [0, 0.1) is 0 Å². The van der Waals surface area contributed by atoms with Gasteiger partial charge in [0, 0.05) is 12.8 Å². The van der Waals surface area contributed by atoms with Crippen LogP contribution in [0.5, 0.6) is 0 Å². The first kappa shape index (κ1) is 60.7. The van der Waals surface area contributed by atoms with Gasteiger partial charge in [0.25, 0.3) is 0 Å². The van der Waals surface area contributed by atoms with Gasteiger partial charge in [0.15, 0.2) is 6.10 Å². The van der Waals surface area contributed by atoms with E-state index in [-0.39, 0.29) is 12.8 Å². The zero-order valence-corrected chi connectivity index (χ0v) is 40.0. The van der Waals surface area contributed by atoms with Crippen molar-refractivity contribution in [2.45, 2.75) is 154 Å². The predicted molar refractivity (Wildman–Crippen MR) is 254 cm³/mol. The van der Waals surface area contributed by atoms with Gasteiger partial charge in [0.1, 0.15) is 12.7 Å². The second kappa shape index (κ2) is 42.4. The molecule has 0 heterocycles. The van der Waals surface area contributed by atoms with E-state index in [9.17, 15) is 33.8 Å². The number of phosphoric ester groups is 2. The van der Waals surface area contributed by atoms with Gasteiger partial charge in [0.2, 0.25) is 0 Å². The van der Waals surface area contributed by atoms with E-state index in [2.05, 4.69) is 95.8 Å². The Hall–Kier alpha value is -3.26. The minimum atomic E-state index is -4.89. The molecular formula is C48H78O14P2. The minimum absolute atomic E-state index is 0.0179. The highest BCUT2D eigenvalue weighted by molar-refractivity contribution is 7.47. The van der Waals surface area contributed by atoms with Gasteiger partial charge in [-0.2, -0.15) is 0 Å². The monoisotopic (exact) mass is 940 g/mol. The molecule has 0 fully saturated rings. The van der Waals surface area contributed by atoms with E-state index in [1.54, 1.807) is 18.2 Å². The lowest BCUT2D eigenvalue weighted by Crippen LogP contribution is -2.29. The molecule has 0 amide bonds. The lowest BCUT2D eigenvalue weighted by Gasteiger charge is -2.20. The van der Waals surface area contributed by atoms with Crippen molar-refractivity contribution in [2.24, 2.45) is 0 Å². The van der Waals surface area contributed by atoms with Gasteiger partial charge in [-0.3, -0.25) is 23.2 Å². The van der Waals surface area contributed by atoms with Crippen molar-refractivity contribution in [1.82, 2.24) is 0 Å². The Kier molecular flexibility index (Phi) is 40.2. The van der Waals surface area contributed by atoms with Gasteiger partial charge in [0.05, 0.1) is 25.9 Å². The van der Waals surface area contributed by atoms with E-state index in [4.69, 9.17) is 23.8 Å². The number of phosphoric acid groups is 2. The summed E-state index contributed by atoms with van der Waals surface area (Å²) in [5.74, 6) is -1.21. The van der Waals surface area contributed by atoms with E-state index >= 15 is 0 Å². The zero-order chi connectivity index (χ0) is 47.4. The summed E-state index contributed by atoms with van der Waals surface area (Å²) >= 11 is 0. The zero-order valence-electron chi connectivity index (χ0n) is 38.2. The fourth-order valence-corrected chi connectivity index (χ4v) is 6.42. The Balaban J connectivity index is 4.75. The summed E-state index contributed by atoms with van der Waals surface area (Å²) in [5.41, 5.74) is 0. The first-order valence-corrected chi connectivity index (χ1v) is 25.7. The number of aliphatic hydroxyl groups is 2. The van der Waals surface area contributed by atoms with Gasteiger partial charge < -0.3 is 34.4 Å². The number of esters is 2. The molecule has 16 heteroatoms. The smallest absolute Gasteiger partial charge is 0.462 e. The average molecular weight is 941 g/mol. The van der Waals surface area contributed by atoms with Crippen molar-refractivity contribution < 1.29 is 66.7 Å². The molecule has 14 nitrogen and oxygen atoms in total. The molecule has 0 radical (unpaired) electrons. The normalized spacial score (nSPS) is 15.4. The quantitative estimate of drug-likeness (QED) is 0.0127. The van der Waals surface area contributed by atoms with Gasteiger partial charge in [-0.05, 0) is 89.9 Å². The molecule has 0 saturated heterocycles. The Bertz CT molecular complexity index is 1560. The molecule has 0 aliphatic carbocycles. The highest BCUT2D eigenvalue weighted by Crippen LogP contribution is 2.43. The summed E-state index contributed by atoms with van der Waals surface area (Å²) in [5, 5.41) is 19.9. The standard InChI is InChI=1S/C48H78O14P2/c1-3-5-7-9-11-13-14-15-16-17-18-19-20-21-22-24-26-30-34-38-47(51)58-42-46(43-61-64(56,57)60-41-45(50)40-59-63(53,54)55)62-48(52)39-35-31-27-29-33-37-44(49)36-32-28-25-23-12-10-8-6-4-2/h5,7,11-13,15-16,18-19,21-23,27-29,32-33,37,44-46,49-50H,3-4,6,8-10,14,17,20,24-26,30-31,34-36,38-43H2,1-2H3,(H,56,57)(H2,53,54,55)/b7-5-,13-11-,16-15-,19-18-,22-21-,23-12-,29-27+,32-28-,37-33-/t44?,45-,46+/m0/s1. The maximum atomic E-state index is 12.7. The summed E-state index contributed by atoms with van der Waals surface area (Å²) in [4.78, 5) is 52.7. The lowest BCUT2D eigenvalue weighted by atomic mass is 10.1.